The number of pyridine rings is 1. The summed E-state index contributed by atoms with van der Waals surface area (Å²) < 4.78 is 2.83. The summed E-state index contributed by atoms with van der Waals surface area (Å²) in [5.41, 5.74) is 1.01. The monoisotopic (exact) mass is 274 g/mol. The Hall–Kier alpha value is -1.49. The summed E-state index contributed by atoms with van der Waals surface area (Å²) in [4.78, 5) is 4.16. The fourth-order valence-electron chi connectivity index (χ4n) is 2.93. The molecule has 2 heterocycles. The lowest BCUT2D eigenvalue weighted by atomic mass is 9.98. The molecule has 5 heteroatoms. The number of nitrogens with zero attached hydrogens (tertiary/aromatic N) is 3. The van der Waals surface area contributed by atoms with Crippen molar-refractivity contribution in [3.63, 3.8) is 0 Å². The van der Waals surface area contributed by atoms with E-state index in [-0.39, 0.29) is 0 Å². The Morgan fingerprint density at radius 3 is 3.05 bits per heavy atom. The lowest BCUT2D eigenvalue weighted by molar-refractivity contribution is 0.363. The van der Waals surface area contributed by atoms with Crippen molar-refractivity contribution in [1.29, 1.82) is 0 Å². The Kier molecular flexibility index (Phi) is 3.46. The lowest BCUT2D eigenvalue weighted by Gasteiger charge is -2.16. The SMILES string of the molecule is CC1CCCC1Cn1c(-c2cccnc2)n[nH]c1=S. The Labute approximate surface area is 117 Å². The zero-order valence-electron chi connectivity index (χ0n) is 11.0. The lowest BCUT2D eigenvalue weighted by Crippen LogP contribution is -2.14. The zero-order valence-corrected chi connectivity index (χ0v) is 11.9. The molecule has 3 rings (SSSR count). The van der Waals surface area contributed by atoms with Crippen molar-refractivity contribution in [3.8, 4) is 11.4 Å². The van der Waals surface area contributed by atoms with Gasteiger partial charge in [0.1, 0.15) is 0 Å². The van der Waals surface area contributed by atoms with E-state index < -0.39 is 0 Å². The number of nitrogens with one attached hydrogen (secondary N) is 1. The predicted octanol–water partition coefficient (Wildman–Crippen LogP) is 3.44. The van der Waals surface area contributed by atoms with Crippen LogP contribution in [-0.4, -0.2) is 19.7 Å². The van der Waals surface area contributed by atoms with Crippen LogP contribution in [0.25, 0.3) is 11.4 Å². The molecule has 2 unspecified atom stereocenters. The van der Waals surface area contributed by atoms with Crippen molar-refractivity contribution in [2.75, 3.05) is 0 Å². The third kappa shape index (κ3) is 2.47. The van der Waals surface area contributed by atoms with Gasteiger partial charge in [-0.15, -0.1) is 0 Å². The first-order chi connectivity index (χ1) is 9.25. The van der Waals surface area contributed by atoms with Crippen molar-refractivity contribution in [2.24, 2.45) is 11.8 Å². The van der Waals surface area contributed by atoms with E-state index in [2.05, 4.69) is 26.7 Å². The molecule has 100 valence electrons. The van der Waals surface area contributed by atoms with E-state index in [1.54, 1.807) is 6.20 Å². The molecule has 0 aliphatic heterocycles. The van der Waals surface area contributed by atoms with Crippen LogP contribution in [0.3, 0.4) is 0 Å². The normalized spacial score (nSPS) is 22.8. The van der Waals surface area contributed by atoms with Crippen LogP contribution in [-0.2, 0) is 6.54 Å². The molecule has 1 N–H and O–H groups in total. The van der Waals surface area contributed by atoms with Crippen LogP contribution in [0.5, 0.6) is 0 Å². The zero-order chi connectivity index (χ0) is 13.2. The highest BCUT2D eigenvalue weighted by molar-refractivity contribution is 7.71. The van der Waals surface area contributed by atoms with Crippen LogP contribution >= 0.6 is 12.2 Å². The van der Waals surface area contributed by atoms with Crippen LogP contribution < -0.4 is 0 Å². The van der Waals surface area contributed by atoms with Gasteiger partial charge in [-0.2, -0.15) is 5.10 Å². The first kappa shape index (κ1) is 12.5. The maximum absolute atomic E-state index is 5.37. The molecule has 0 aromatic carbocycles. The second kappa shape index (κ2) is 5.25. The van der Waals surface area contributed by atoms with Gasteiger partial charge in [-0.25, -0.2) is 0 Å². The van der Waals surface area contributed by atoms with Gasteiger partial charge in [-0.05, 0) is 42.6 Å². The van der Waals surface area contributed by atoms with Crippen molar-refractivity contribution >= 4 is 12.2 Å². The van der Waals surface area contributed by atoms with E-state index in [0.29, 0.717) is 10.7 Å². The summed E-state index contributed by atoms with van der Waals surface area (Å²) >= 11 is 5.37. The molecule has 0 saturated heterocycles. The molecule has 0 amide bonds. The number of hydrogen-bond acceptors (Lipinski definition) is 3. The molecule has 2 aromatic heterocycles. The third-order valence-electron chi connectivity index (χ3n) is 4.13. The van der Waals surface area contributed by atoms with E-state index in [1.807, 2.05) is 18.3 Å². The fraction of sp³-hybridized carbons (Fsp3) is 0.500. The molecule has 1 saturated carbocycles. The second-order valence-corrected chi connectivity index (χ2v) is 5.76. The van der Waals surface area contributed by atoms with Gasteiger partial charge in [0, 0.05) is 24.5 Å². The Morgan fingerprint density at radius 1 is 1.47 bits per heavy atom. The predicted molar refractivity (Wildman–Crippen MR) is 77.1 cm³/mol. The largest absolute Gasteiger partial charge is 0.300 e. The van der Waals surface area contributed by atoms with E-state index in [1.165, 1.54) is 19.3 Å². The number of hydrogen-bond donors (Lipinski definition) is 1. The van der Waals surface area contributed by atoms with E-state index in [4.69, 9.17) is 12.2 Å². The first-order valence-electron chi connectivity index (χ1n) is 6.81. The highest BCUT2D eigenvalue weighted by atomic mass is 32.1. The summed E-state index contributed by atoms with van der Waals surface area (Å²) in [5, 5.41) is 7.27. The molecule has 1 fully saturated rings. The highest BCUT2D eigenvalue weighted by Crippen LogP contribution is 2.33. The van der Waals surface area contributed by atoms with Crippen LogP contribution in [0.1, 0.15) is 26.2 Å². The number of aromatic amines is 1. The minimum Gasteiger partial charge on any atom is -0.300 e. The molecular weight excluding hydrogens is 256 g/mol. The van der Waals surface area contributed by atoms with E-state index in [0.717, 1.165) is 23.9 Å². The first-order valence-corrected chi connectivity index (χ1v) is 7.22. The molecule has 0 spiro atoms. The molecule has 0 radical (unpaired) electrons. The summed E-state index contributed by atoms with van der Waals surface area (Å²) in [6, 6.07) is 3.95. The molecule has 0 bridgehead atoms. The molecule has 4 nitrogen and oxygen atoms in total. The smallest absolute Gasteiger partial charge is 0.195 e. The summed E-state index contributed by atoms with van der Waals surface area (Å²) in [6.45, 7) is 3.30. The van der Waals surface area contributed by atoms with Gasteiger partial charge in [0.15, 0.2) is 10.6 Å². The van der Waals surface area contributed by atoms with Gasteiger partial charge < -0.3 is 0 Å². The van der Waals surface area contributed by atoms with Crippen LogP contribution in [0.4, 0.5) is 0 Å². The van der Waals surface area contributed by atoms with Crippen molar-refractivity contribution < 1.29 is 0 Å². The van der Waals surface area contributed by atoms with Gasteiger partial charge >= 0.3 is 0 Å². The minimum atomic E-state index is 0.706. The van der Waals surface area contributed by atoms with Crippen molar-refractivity contribution in [2.45, 2.75) is 32.7 Å². The average molecular weight is 274 g/mol. The van der Waals surface area contributed by atoms with Gasteiger partial charge in [-0.1, -0.05) is 19.8 Å². The minimum absolute atomic E-state index is 0.706. The quantitative estimate of drug-likeness (QED) is 0.872. The van der Waals surface area contributed by atoms with Gasteiger partial charge in [0.2, 0.25) is 0 Å². The molecule has 1 aliphatic rings. The third-order valence-corrected chi connectivity index (χ3v) is 4.45. The van der Waals surface area contributed by atoms with Gasteiger partial charge in [-0.3, -0.25) is 14.6 Å². The topological polar surface area (TPSA) is 46.5 Å². The Bertz CT molecular complexity index is 601. The highest BCUT2D eigenvalue weighted by Gasteiger charge is 2.25. The molecular formula is C14H18N4S. The van der Waals surface area contributed by atoms with E-state index >= 15 is 0 Å². The van der Waals surface area contributed by atoms with E-state index in [9.17, 15) is 0 Å². The van der Waals surface area contributed by atoms with Gasteiger partial charge in [0.05, 0.1) is 0 Å². The number of aromatic nitrogens is 4. The molecule has 2 atom stereocenters. The van der Waals surface area contributed by atoms with Crippen molar-refractivity contribution in [1.82, 2.24) is 19.7 Å². The van der Waals surface area contributed by atoms with Crippen LogP contribution in [0.2, 0.25) is 0 Å². The van der Waals surface area contributed by atoms with Crippen LogP contribution in [0, 0.1) is 16.6 Å². The Balaban J connectivity index is 1.93. The number of rotatable bonds is 3. The summed E-state index contributed by atoms with van der Waals surface area (Å²) in [7, 11) is 0. The molecule has 2 aromatic rings. The van der Waals surface area contributed by atoms with Crippen LogP contribution in [0.15, 0.2) is 24.5 Å². The maximum Gasteiger partial charge on any atom is 0.195 e. The van der Waals surface area contributed by atoms with Crippen molar-refractivity contribution in [3.05, 3.63) is 29.3 Å². The average Bonchev–Trinajstić information content (AvgIpc) is 2.99. The standard InChI is InChI=1S/C14H18N4S/c1-10-4-2-5-12(10)9-18-13(16-17-14(18)19)11-6-3-7-15-8-11/h3,6-8,10,12H,2,4-5,9H2,1H3,(H,17,19). The summed E-state index contributed by atoms with van der Waals surface area (Å²) in [6.07, 6.45) is 7.56. The second-order valence-electron chi connectivity index (χ2n) is 5.37. The Morgan fingerprint density at radius 2 is 2.37 bits per heavy atom. The molecule has 19 heavy (non-hydrogen) atoms. The summed E-state index contributed by atoms with van der Waals surface area (Å²) in [5.74, 6) is 2.38. The number of H-pyrrole nitrogens is 1. The fourth-order valence-corrected chi connectivity index (χ4v) is 3.14. The maximum atomic E-state index is 5.37. The molecule has 1 aliphatic carbocycles. The van der Waals surface area contributed by atoms with Gasteiger partial charge in [0.25, 0.3) is 0 Å².